The summed E-state index contributed by atoms with van der Waals surface area (Å²) in [6.07, 6.45) is 0.922. The number of fused-ring (bicyclic) bond motifs is 1. The number of phenols is 1. The Morgan fingerprint density at radius 2 is 2.07 bits per heavy atom. The first kappa shape index (κ1) is 18.5. The highest BCUT2D eigenvalue weighted by Crippen LogP contribution is 2.34. The van der Waals surface area contributed by atoms with E-state index in [4.69, 9.17) is 5.26 Å². The van der Waals surface area contributed by atoms with E-state index in [2.05, 4.69) is 5.32 Å². The largest absolute Gasteiger partial charge is 0.506 e. The monoisotopic (exact) mass is 391 g/mol. The highest BCUT2D eigenvalue weighted by Gasteiger charge is 2.35. The normalized spacial score (nSPS) is 15.6. The number of aromatic nitrogens is 1. The van der Waals surface area contributed by atoms with Crippen LogP contribution in [0.1, 0.15) is 12.8 Å². The molecule has 1 aromatic carbocycles. The summed E-state index contributed by atoms with van der Waals surface area (Å²) in [6.45, 7) is -0.00932. The molecule has 1 saturated heterocycles. The van der Waals surface area contributed by atoms with Gasteiger partial charge in [-0.2, -0.15) is 13.7 Å². The van der Waals surface area contributed by atoms with Gasteiger partial charge in [0, 0.05) is 31.5 Å². The third-order valence-electron chi connectivity index (χ3n) is 4.19. The van der Waals surface area contributed by atoms with E-state index in [1.54, 1.807) is 6.07 Å². The van der Waals surface area contributed by atoms with E-state index in [1.165, 1.54) is 23.7 Å². The lowest BCUT2D eigenvalue weighted by atomic mass is 10.1. The fourth-order valence-corrected chi connectivity index (χ4v) is 4.03. The minimum absolute atomic E-state index is 0.0603. The molecule has 10 nitrogen and oxygen atoms in total. The number of hydrogen-bond donors (Lipinski definition) is 3. The van der Waals surface area contributed by atoms with Crippen LogP contribution in [0.4, 0.5) is 11.4 Å². The first-order chi connectivity index (χ1) is 12.7. The van der Waals surface area contributed by atoms with Crippen molar-refractivity contribution in [2.45, 2.75) is 12.8 Å². The Labute approximate surface area is 154 Å². The van der Waals surface area contributed by atoms with E-state index in [9.17, 15) is 23.1 Å². The van der Waals surface area contributed by atoms with Crippen LogP contribution in [0.2, 0.25) is 0 Å². The van der Waals surface area contributed by atoms with Crippen LogP contribution in [-0.2, 0) is 22.1 Å². The van der Waals surface area contributed by atoms with Gasteiger partial charge in [-0.25, -0.2) is 9.03 Å². The van der Waals surface area contributed by atoms with Crippen molar-refractivity contribution in [1.82, 2.24) is 9.29 Å². The van der Waals surface area contributed by atoms with Crippen LogP contribution in [0.25, 0.3) is 10.9 Å². The van der Waals surface area contributed by atoms with Gasteiger partial charge in [0.25, 0.3) is 11.5 Å². The molecule has 0 aliphatic carbocycles. The van der Waals surface area contributed by atoms with Crippen molar-refractivity contribution >= 4 is 38.4 Å². The van der Waals surface area contributed by atoms with Crippen molar-refractivity contribution in [3.05, 3.63) is 28.6 Å². The van der Waals surface area contributed by atoms with Gasteiger partial charge < -0.3 is 15.0 Å². The molecule has 0 unspecified atom stereocenters. The average molecular weight is 391 g/mol. The van der Waals surface area contributed by atoms with Gasteiger partial charge in [0.05, 0.1) is 17.3 Å². The highest BCUT2D eigenvalue weighted by molar-refractivity contribution is 7.92. The van der Waals surface area contributed by atoms with E-state index in [0.29, 0.717) is 30.3 Å². The smallest absolute Gasteiger partial charge is 0.326 e. The molecule has 3 N–H and O–H groups in total. The summed E-state index contributed by atoms with van der Waals surface area (Å²) < 4.78 is 28.0. The second kappa shape index (κ2) is 6.81. The molecule has 3 rings (SSSR count). The molecule has 2 aromatic rings. The number of carbonyl (C=O) groups excluding carboxylic acids is 1. The minimum Gasteiger partial charge on any atom is -0.506 e. The topological polar surface area (TPSA) is 145 Å². The Bertz CT molecular complexity index is 1130. The maximum absolute atomic E-state index is 12.4. The number of rotatable bonds is 5. The Morgan fingerprint density at radius 1 is 1.33 bits per heavy atom. The first-order valence-corrected chi connectivity index (χ1v) is 9.49. The van der Waals surface area contributed by atoms with Crippen LogP contribution < -0.4 is 19.9 Å². The molecule has 0 radical (unpaired) electrons. The quantitative estimate of drug-likeness (QED) is 0.615. The van der Waals surface area contributed by atoms with Crippen molar-refractivity contribution in [2.75, 3.05) is 22.7 Å². The number of pyridine rings is 1. The Kier molecular flexibility index (Phi) is 4.67. The predicted octanol–water partition coefficient (Wildman–Crippen LogP) is 0.141. The molecule has 0 saturated carbocycles. The number of aryl methyl sites for hydroxylation is 1. The van der Waals surface area contributed by atoms with Crippen LogP contribution >= 0.6 is 0 Å². The maximum Gasteiger partial charge on any atom is 0.326 e. The van der Waals surface area contributed by atoms with Gasteiger partial charge in [-0.15, -0.1) is 0 Å². The van der Waals surface area contributed by atoms with Crippen LogP contribution in [0.15, 0.2) is 23.0 Å². The number of nitriles is 1. The van der Waals surface area contributed by atoms with Gasteiger partial charge in [-0.05, 0) is 18.6 Å². The zero-order chi connectivity index (χ0) is 19.8. The number of benzene rings is 1. The SMILES string of the molecule is Cn1c(=O)c(NCCCC#N)cc2cc(N3CC(=O)NS3(=O)=O)c(O)cc21. The molecule has 0 spiro atoms. The average Bonchev–Trinajstić information content (AvgIpc) is 2.88. The fourth-order valence-electron chi connectivity index (χ4n) is 2.87. The summed E-state index contributed by atoms with van der Waals surface area (Å²) in [6, 6.07) is 6.25. The number of nitrogens with zero attached hydrogens (tertiary/aromatic N) is 3. The minimum atomic E-state index is -4.07. The third kappa shape index (κ3) is 3.39. The Morgan fingerprint density at radius 3 is 2.70 bits per heavy atom. The first-order valence-electron chi connectivity index (χ1n) is 8.05. The summed E-state index contributed by atoms with van der Waals surface area (Å²) >= 11 is 0. The van der Waals surface area contributed by atoms with Crippen molar-refractivity contribution in [3.63, 3.8) is 0 Å². The fraction of sp³-hybridized carbons (Fsp3) is 0.312. The van der Waals surface area contributed by atoms with E-state index in [1.807, 2.05) is 10.8 Å². The van der Waals surface area contributed by atoms with Crippen LogP contribution in [0.5, 0.6) is 5.75 Å². The van der Waals surface area contributed by atoms with Crippen LogP contribution in [-0.4, -0.2) is 37.1 Å². The number of anilines is 2. The Hall–Kier alpha value is -3.26. The lowest BCUT2D eigenvalue weighted by molar-refractivity contribution is -0.117. The molecule has 0 bridgehead atoms. The number of unbranched alkanes of at least 4 members (excludes halogenated alkanes) is 1. The third-order valence-corrected chi connectivity index (χ3v) is 5.58. The summed E-state index contributed by atoms with van der Waals surface area (Å²) in [5, 5.41) is 22.3. The molecular formula is C16H17N5O5S. The highest BCUT2D eigenvalue weighted by atomic mass is 32.2. The molecule has 1 aliphatic heterocycles. The maximum atomic E-state index is 12.4. The predicted molar refractivity (Wildman–Crippen MR) is 98.6 cm³/mol. The number of nitrogens with one attached hydrogen (secondary N) is 2. The van der Waals surface area contributed by atoms with Crippen molar-refractivity contribution < 1.29 is 18.3 Å². The molecule has 1 fully saturated rings. The van der Waals surface area contributed by atoms with Gasteiger partial charge in [-0.1, -0.05) is 0 Å². The zero-order valence-corrected chi connectivity index (χ0v) is 15.2. The van der Waals surface area contributed by atoms with E-state index in [0.717, 1.165) is 4.31 Å². The number of amides is 1. The molecule has 0 atom stereocenters. The number of carbonyl (C=O) groups is 1. The second-order valence-electron chi connectivity index (χ2n) is 6.05. The number of phenolic OH excluding ortho intramolecular Hbond substituents is 1. The molecule has 2 heterocycles. The van der Waals surface area contributed by atoms with Crippen LogP contribution in [0.3, 0.4) is 0 Å². The summed E-state index contributed by atoms with van der Waals surface area (Å²) in [7, 11) is -2.54. The van der Waals surface area contributed by atoms with Crippen LogP contribution in [0, 0.1) is 11.3 Å². The van der Waals surface area contributed by atoms with Gasteiger partial charge in [0.2, 0.25) is 0 Å². The molecule has 11 heteroatoms. The number of aromatic hydroxyl groups is 1. The lowest BCUT2D eigenvalue weighted by Crippen LogP contribution is -2.29. The number of hydrogen-bond acceptors (Lipinski definition) is 7. The van der Waals surface area contributed by atoms with Gasteiger partial charge in [-0.3, -0.25) is 9.59 Å². The van der Waals surface area contributed by atoms with Crippen molar-refractivity contribution in [3.8, 4) is 11.8 Å². The summed E-state index contributed by atoms with van der Waals surface area (Å²) in [5.74, 6) is -1.07. The molecule has 1 aliphatic rings. The van der Waals surface area contributed by atoms with E-state index < -0.39 is 22.7 Å². The van der Waals surface area contributed by atoms with Gasteiger partial charge in [0.15, 0.2) is 0 Å². The molecule has 1 amide bonds. The second-order valence-corrected chi connectivity index (χ2v) is 7.64. The molecule has 142 valence electrons. The summed E-state index contributed by atoms with van der Waals surface area (Å²) in [4.78, 5) is 23.9. The molecular weight excluding hydrogens is 374 g/mol. The Balaban J connectivity index is 2.08. The summed E-state index contributed by atoms with van der Waals surface area (Å²) in [5.41, 5.74) is 0.310. The van der Waals surface area contributed by atoms with Crippen molar-refractivity contribution in [2.24, 2.45) is 7.05 Å². The van der Waals surface area contributed by atoms with Gasteiger partial charge >= 0.3 is 10.2 Å². The standard InChI is InChI=1S/C16H17N5O5S/c1-20-12-8-14(22)13(21-9-15(23)19-27(21,25)26)7-10(12)6-11(16(20)24)18-5-3-2-4-17/h6-8,18,22H,2-3,5,9H2,1H3,(H,19,23). The van der Waals surface area contributed by atoms with E-state index in [-0.39, 0.29) is 22.7 Å². The molecule has 27 heavy (non-hydrogen) atoms. The zero-order valence-electron chi connectivity index (χ0n) is 14.4. The molecule has 1 aromatic heterocycles. The van der Waals surface area contributed by atoms with E-state index >= 15 is 0 Å². The van der Waals surface area contributed by atoms with Gasteiger partial charge in [0.1, 0.15) is 18.0 Å². The van der Waals surface area contributed by atoms with Crippen molar-refractivity contribution in [1.29, 1.82) is 5.26 Å². The lowest BCUT2D eigenvalue weighted by Gasteiger charge is -2.18.